The van der Waals surface area contributed by atoms with Crippen LogP contribution in [0, 0.1) is 22.9 Å². The molecule has 1 N–H and O–H groups in total. The van der Waals surface area contributed by atoms with Gasteiger partial charge in [-0.25, -0.2) is 9.37 Å². The molecule has 0 radical (unpaired) electrons. The number of nitro benzene ring substituents is 1. The zero-order valence-electron chi connectivity index (χ0n) is 18.1. The SMILES string of the molecule is Cc1ccc(/C(O)=C2\C(=O)C(=O)N(c3nc4ccc(F)cc4s3)[C@@H]2c2cccc([N+](=O)[O-])c2)cc1. The van der Waals surface area contributed by atoms with Crippen LogP contribution in [0.1, 0.15) is 22.7 Å². The van der Waals surface area contributed by atoms with Crippen LogP contribution in [-0.4, -0.2) is 26.7 Å². The number of fused-ring (bicyclic) bond motifs is 1. The Morgan fingerprint density at radius 1 is 1.11 bits per heavy atom. The van der Waals surface area contributed by atoms with Crippen molar-refractivity contribution in [3.63, 3.8) is 0 Å². The lowest BCUT2D eigenvalue weighted by Crippen LogP contribution is -2.29. The van der Waals surface area contributed by atoms with E-state index in [0.29, 0.717) is 15.8 Å². The summed E-state index contributed by atoms with van der Waals surface area (Å²) in [5.74, 6) is -2.79. The molecule has 4 aromatic rings. The maximum absolute atomic E-state index is 13.7. The largest absolute Gasteiger partial charge is 0.507 e. The van der Waals surface area contributed by atoms with Gasteiger partial charge in [-0.3, -0.25) is 24.6 Å². The van der Waals surface area contributed by atoms with Gasteiger partial charge in [0.25, 0.3) is 11.5 Å². The molecule has 3 aromatic carbocycles. The number of ketones is 1. The Kier molecular flexibility index (Phi) is 5.37. The van der Waals surface area contributed by atoms with E-state index in [1.807, 2.05) is 6.92 Å². The number of rotatable bonds is 4. The van der Waals surface area contributed by atoms with E-state index in [2.05, 4.69) is 4.98 Å². The number of carbonyl (C=O) groups is 2. The summed E-state index contributed by atoms with van der Waals surface area (Å²) in [5, 5.41) is 22.7. The van der Waals surface area contributed by atoms with Crippen LogP contribution in [-0.2, 0) is 9.59 Å². The highest BCUT2D eigenvalue weighted by molar-refractivity contribution is 7.22. The smallest absolute Gasteiger partial charge is 0.301 e. The van der Waals surface area contributed by atoms with E-state index in [9.17, 15) is 29.2 Å². The Labute approximate surface area is 201 Å². The third-order valence-corrected chi connectivity index (χ3v) is 6.73. The summed E-state index contributed by atoms with van der Waals surface area (Å²) in [5.41, 5.74) is 1.45. The first-order valence-corrected chi connectivity index (χ1v) is 11.2. The molecular weight excluding hydrogens is 473 g/mol. The zero-order chi connectivity index (χ0) is 24.9. The molecule has 0 spiro atoms. The van der Waals surface area contributed by atoms with Crippen molar-refractivity contribution in [1.82, 2.24) is 4.98 Å². The Hall–Kier alpha value is -4.44. The number of nitro groups is 1. The third-order valence-electron chi connectivity index (χ3n) is 5.71. The minimum atomic E-state index is -1.18. The van der Waals surface area contributed by atoms with Crippen LogP contribution in [0.2, 0.25) is 0 Å². The monoisotopic (exact) mass is 489 g/mol. The van der Waals surface area contributed by atoms with E-state index >= 15 is 0 Å². The molecule has 1 atom stereocenters. The van der Waals surface area contributed by atoms with Gasteiger partial charge in [-0.05, 0) is 30.7 Å². The molecule has 1 aliphatic rings. The van der Waals surface area contributed by atoms with Gasteiger partial charge in [-0.2, -0.15) is 0 Å². The highest BCUT2D eigenvalue weighted by Gasteiger charge is 2.48. The molecule has 0 saturated carbocycles. The van der Waals surface area contributed by atoms with Crippen LogP contribution < -0.4 is 4.90 Å². The number of halogens is 1. The number of thiazole rings is 1. The number of non-ortho nitro benzene ring substituents is 1. The van der Waals surface area contributed by atoms with Gasteiger partial charge in [0.15, 0.2) is 5.13 Å². The van der Waals surface area contributed by atoms with Gasteiger partial charge >= 0.3 is 5.91 Å². The van der Waals surface area contributed by atoms with Crippen LogP contribution in [0.25, 0.3) is 16.0 Å². The molecule has 1 saturated heterocycles. The number of aliphatic hydroxyl groups is 1. The van der Waals surface area contributed by atoms with Crippen molar-refractivity contribution in [2.75, 3.05) is 4.90 Å². The normalized spacial score (nSPS) is 17.3. The number of aliphatic hydroxyl groups excluding tert-OH is 1. The Morgan fingerprint density at radius 2 is 1.86 bits per heavy atom. The summed E-state index contributed by atoms with van der Waals surface area (Å²) in [6.07, 6.45) is 0. The number of amides is 1. The molecule has 1 aliphatic heterocycles. The van der Waals surface area contributed by atoms with E-state index in [0.717, 1.165) is 21.8 Å². The molecule has 1 fully saturated rings. The second kappa shape index (κ2) is 8.41. The van der Waals surface area contributed by atoms with Crippen molar-refractivity contribution in [1.29, 1.82) is 0 Å². The minimum Gasteiger partial charge on any atom is -0.507 e. The molecule has 0 unspecified atom stereocenters. The standard InChI is InChI=1S/C25H16FN3O5S/c1-13-5-7-14(8-6-13)22(30)20-21(15-3-2-4-17(11-15)29(33)34)28(24(32)23(20)31)25-27-18-10-9-16(26)12-19(18)35-25/h2-12,21,30H,1H3/b22-20+/t21-/m1/s1. The number of Topliss-reactive ketones (excluding diaryl/α,β-unsaturated/α-hetero) is 1. The molecule has 2 heterocycles. The number of hydrogen-bond donors (Lipinski definition) is 1. The number of benzene rings is 3. The highest BCUT2D eigenvalue weighted by atomic mass is 32.1. The van der Waals surface area contributed by atoms with E-state index in [1.54, 1.807) is 24.3 Å². The highest BCUT2D eigenvalue weighted by Crippen LogP contribution is 2.44. The summed E-state index contributed by atoms with van der Waals surface area (Å²) in [6, 6.07) is 15.0. The number of aromatic nitrogens is 1. The van der Waals surface area contributed by atoms with Crippen LogP contribution in [0.4, 0.5) is 15.2 Å². The first-order chi connectivity index (χ1) is 16.7. The first kappa shape index (κ1) is 22.4. The van der Waals surface area contributed by atoms with E-state index in [4.69, 9.17) is 0 Å². The fraction of sp³-hybridized carbons (Fsp3) is 0.0800. The van der Waals surface area contributed by atoms with Crippen LogP contribution in [0.3, 0.4) is 0 Å². The summed E-state index contributed by atoms with van der Waals surface area (Å²) in [6.45, 7) is 1.86. The molecule has 10 heteroatoms. The fourth-order valence-electron chi connectivity index (χ4n) is 4.01. The molecule has 1 aromatic heterocycles. The molecular formula is C25H16FN3O5S. The topological polar surface area (TPSA) is 114 Å². The molecule has 174 valence electrons. The minimum absolute atomic E-state index is 0.104. The molecule has 0 aliphatic carbocycles. The lowest BCUT2D eigenvalue weighted by atomic mass is 9.95. The second-order valence-electron chi connectivity index (χ2n) is 8.00. The van der Waals surface area contributed by atoms with Gasteiger partial charge in [0.2, 0.25) is 0 Å². The lowest BCUT2D eigenvalue weighted by molar-refractivity contribution is -0.384. The number of nitrogens with zero attached hydrogens (tertiary/aromatic N) is 3. The Morgan fingerprint density at radius 3 is 2.57 bits per heavy atom. The maximum Gasteiger partial charge on any atom is 0.301 e. The van der Waals surface area contributed by atoms with E-state index < -0.39 is 34.2 Å². The van der Waals surface area contributed by atoms with Gasteiger partial charge in [0.1, 0.15) is 11.6 Å². The second-order valence-corrected chi connectivity index (χ2v) is 9.00. The zero-order valence-corrected chi connectivity index (χ0v) is 19.0. The molecule has 35 heavy (non-hydrogen) atoms. The molecule has 1 amide bonds. The summed E-state index contributed by atoms with van der Waals surface area (Å²) >= 11 is 0.999. The van der Waals surface area contributed by atoms with Crippen molar-refractivity contribution in [3.8, 4) is 0 Å². The van der Waals surface area contributed by atoms with Crippen LogP contribution >= 0.6 is 11.3 Å². The molecule has 0 bridgehead atoms. The van der Waals surface area contributed by atoms with Gasteiger partial charge in [0.05, 0.1) is 26.8 Å². The first-order valence-electron chi connectivity index (χ1n) is 10.4. The van der Waals surface area contributed by atoms with Gasteiger partial charge in [-0.1, -0.05) is 53.3 Å². The average molecular weight is 489 g/mol. The fourth-order valence-corrected chi connectivity index (χ4v) is 5.03. The lowest BCUT2D eigenvalue weighted by Gasteiger charge is -2.22. The van der Waals surface area contributed by atoms with E-state index in [1.165, 1.54) is 42.5 Å². The average Bonchev–Trinajstić information content (AvgIpc) is 3.37. The number of hydrogen-bond acceptors (Lipinski definition) is 7. The maximum atomic E-state index is 13.7. The number of aryl methyl sites for hydroxylation is 1. The third kappa shape index (κ3) is 3.83. The van der Waals surface area contributed by atoms with Crippen molar-refractivity contribution in [2.24, 2.45) is 0 Å². The quantitative estimate of drug-likeness (QED) is 0.137. The Bertz CT molecular complexity index is 1560. The van der Waals surface area contributed by atoms with Crippen molar-refractivity contribution >= 4 is 49.8 Å². The predicted octanol–water partition coefficient (Wildman–Crippen LogP) is 5.28. The summed E-state index contributed by atoms with van der Waals surface area (Å²) < 4.78 is 14.2. The van der Waals surface area contributed by atoms with Crippen LogP contribution in [0.5, 0.6) is 0 Å². The van der Waals surface area contributed by atoms with Crippen molar-refractivity contribution in [3.05, 3.63) is 105 Å². The van der Waals surface area contributed by atoms with Gasteiger partial charge in [-0.15, -0.1) is 0 Å². The van der Waals surface area contributed by atoms with Crippen molar-refractivity contribution in [2.45, 2.75) is 13.0 Å². The van der Waals surface area contributed by atoms with Crippen LogP contribution in [0.15, 0.2) is 72.3 Å². The van der Waals surface area contributed by atoms with Gasteiger partial charge < -0.3 is 5.11 Å². The van der Waals surface area contributed by atoms with E-state index in [-0.39, 0.29) is 22.0 Å². The summed E-state index contributed by atoms with van der Waals surface area (Å²) in [4.78, 5) is 42.8. The van der Waals surface area contributed by atoms with Crippen molar-refractivity contribution < 1.29 is 24.0 Å². The molecule has 8 nitrogen and oxygen atoms in total. The summed E-state index contributed by atoms with van der Waals surface area (Å²) in [7, 11) is 0. The number of carbonyl (C=O) groups excluding carboxylic acids is 2. The molecule has 5 rings (SSSR count). The van der Waals surface area contributed by atoms with Gasteiger partial charge in [0, 0.05) is 17.7 Å². The Balaban J connectivity index is 1.75. The number of anilines is 1. The predicted molar refractivity (Wildman–Crippen MR) is 129 cm³/mol.